The molecule has 5 heteroatoms. The van der Waals surface area contributed by atoms with Crippen LogP contribution in [0.5, 0.6) is 0 Å². The molecule has 0 spiro atoms. The number of para-hydroxylation sites is 1. The van der Waals surface area contributed by atoms with Gasteiger partial charge >= 0.3 is 0 Å². The summed E-state index contributed by atoms with van der Waals surface area (Å²) < 4.78 is 13.5. The van der Waals surface area contributed by atoms with Crippen molar-refractivity contribution in [2.24, 2.45) is 0 Å². The maximum atomic E-state index is 13.5. The largest absolute Gasteiger partial charge is 0.377 e. The van der Waals surface area contributed by atoms with Gasteiger partial charge in [0.25, 0.3) is 0 Å². The van der Waals surface area contributed by atoms with E-state index >= 15 is 0 Å². The van der Waals surface area contributed by atoms with Gasteiger partial charge in [0.1, 0.15) is 10.8 Å². The molecule has 100 valence electrons. The predicted molar refractivity (Wildman–Crippen MR) is 79.1 cm³/mol. The van der Waals surface area contributed by atoms with Crippen LogP contribution in [0.25, 0.3) is 10.7 Å². The summed E-state index contributed by atoms with van der Waals surface area (Å²) in [5, 5.41) is 5.87. The summed E-state index contributed by atoms with van der Waals surface area (Å²) >= 11 is 1.53. The summed E-state index contributed by atoms with van der Waals surface area (Å²) in [6.45, 7) is 0.490. The maximum Gasteiger partial charge on any atom is 0.146 e. The molecule has 0 bridgehead atoms. The minimum absolute atomic E-state index is 0.257. The average molecular weight is 285 g/mol. The summed E-state index contributed by atoms with van der Waals surface area (Å²) in [6.07, 6.45) is 1.74. The third kappa shape index (κ3) is 2.83. The van der Waals surface area contributed by atoms with Crippen molar-refractivity contribution in [3.05, 3.63) is 65.6 Å². The first-order valence-electron chi connectivity index (χ1n) is 6.17. The third-order valence-electron chi connectivity index (χ3n) is 2.77. The highest BCUT2D eigenvalue weighted by Gasteiger charge is 2.06. The molecule has 20 heavy (non-hydrogen) atoms. The normalized spacial score (nSPS) is 10.4. The fourth-order valence-corrected chi connectivity index (χ4v) is 2.58. The molecule has 0 unspecified atom stereocenters. The zero-order chi connectivity index (χ0) is 13.8. The van der Waals surface area contributed by atoms with Gasteiger partial charge in [-0.05, 0) is 24.3 Å². The number of aromatic nitrogens is 2. The van der Waals surface area contributed by atoms with E-state index in [1.807, 2.05) is 23.6 Å². The zero-order valence-corrected chi connectivity index (χ0v) is 11.4. The van der Waals surface area contributed by atoms with Crippen LogP contribution < -0.4 is 5.32 Å². The summed E-state index contributed by atoms with van der Waals surface area (Å²) in [7, 11) is 0. The van der Waals surface area contributed by atoms with Crippen LogP contribution in [0.2, 0.25) is 0 Å². The van der Waals surface area contributed by atoms with Crippen molar-refractivity contribution in [1.29, 1.82) is 0 Å². The summed E-state index contributed by atoms with van der Waals surface area (Å²) in [6, 6.07) is 12.3. The summed E-state index contributed by atoms with van der Waals surface area (Å²) in [5.74, 6) is -0.257. The van der Waals surface area contributed by atoms with Gasteiger partial charge in [0.15, 0.2) is 0 Å². The van der Waals surface area contributed by atoms with Crippen molar-refractivity contribution in [2.75, 3.05) is 5.32 Å². The number of thiazole rings is 1. The van der Waals surface area contributed by atoms with Crippen LogP contribution in [0, 0.1) is 5.82 Å². The van der Waals surface area contributed by atoms with Crippen LogP contribution in [0.3, 0.4) is 0 Å². The monoisotopic (exact) mass is 285 g/mol. The van der Waals surface area contributed by atoms with Crippen molar-refractivity contribution >= 4 is 17.0 Å². The number of hydrogen-bond acceptors (Lipinski definition) is 4. The van der Waals surface area contributed by atoms with E-state index < -0.39 is 0 Å². The number of rotatable bonds is 4. The van der Waals surface area contributed by atoms with Gasteiger partial charge in [-0.1, -0.05) is 18.2 Å². The van der Waals surface area contributed by atoms with E-state index in [-0.39, 0.29) is 5.82 Å². The topological polar surface area (TPSA) is 37.8 Å². The molecular formula is C15H12FN3S. The number of anilines is 1. The lowest BCUT2D eigenvalue weighted by Crippen LogP contribution is -2.01. The van der Waals surface area contributed by atoms with Crippen LogP contribution in [0.1, 0.15) is 5.69 Å². The van der Waals surface area contributed by atoms with Crippen molar-refractivity contribution in [3.63, 3.8) is 0 Å². The molecule has 0 atom stereocenters. The van der Waals surface area contributed by atoms with E-state index in [0.717, 1.165) is 16.4 Å². The molecule has 1 aromatic carbocycles. The van der Waals surface area contributed by atoms with Gasteiger partial charge in [-0.15, -0.1) is 11.3 Å². The fourth-order valence-electron chi connectivity index (χ4n) is 1.79. The highest BCUT2D eigenvalue weighted by molar-refractivity contribution is 7.13. The highest BCUT2D eigenvalue weighted by Crippen LogP contribution is 2.22. The Morgan fingerprint density at radius 3 is 2.75 bits per heavy atom. The number of halogens is 1. The second-order valence-corrected chi connectivity index (χ2v) is 5.05. The molecule has 2 aromatic heterocycles. The smallest absolute Gasteiger partial charge is 0.146 e. The maximum absolute atomic E-state index is 13.5. The first kappa shape index (κ1) is 12.7. The van der Waals surface area contributed by atoms with E-state index in [1.165, 1.54) is 17.4 Å². The van der Waals surface area contributed by atoms with Crippen LogP contribution in [-0.2, 0) is 6.54 Å². The molecule has 3 nitrogen and oxygen atoms in total. The quantitative estimate of drug-likeness (QED) is 0.788. The molecule has 3 rings (SSSR count). The fraction of sp³-hybridized carbons (Fsp3) is 0.0667. The van der Waals surface area contributed by atoms with Gasteiger partial charge in [0, 0.05) is 11.6 Å². The molecule has 0 fully saturated rings. The Bertz CT molecular complexity index is 697. The molecule has 0 amide bonds. The third-order valence-corrected chi connectivity index (χ3v) is 3.68. The molecule has 0 saturated heterocycles. The Morgan fingerprint density at radius 1 is 1.10 bits per heavy atom. The van der Waals surface area contributed by atoms with E-state index in [4.69, 9.17) is 0 Å². The first-order chi connectivity index (χ1) is 9.83. The molecule has 0 saturated carbocycles. The molecule has 2 heterocycles. The molecular weight excluding hydrogens is 273 g/mol. The molecule has 0 aliphatic rings. The first-order valence-corrected chi connectivity index (χ1v) is 7.05. The van der Waals surface area contributed by atoms with Crippen molar-refractivity contribution < 1.29 is 4.39 Å². The predicted octanol–water partition coefficient (Wildman–Crippen LogP) is 3.96. The lowest BCUT2D eigenvalue weighted by Gasteiger charge is -2.04. The summed E-state index contributed by atoms with van der Waals surface area (Å²) in [5.41, 5.74) is 2.22. The minimum Gasteiger partial charge on any atom is -0.377 e. The molecule has 3 aromatic rings. The van der Waals surface area contributed by atoms with E-state index in [1.54, 1.807) is 24.4 Å². The minimum atomic E-state index is -0.257. The lowest BCUT2D eigenvalue weighted by atomic mass is 10.3. The Morgan fingerprint density at radius 2 is 1.95 bits per heavy atom. The second-order valence-electron chi connectivity index (χ2n) is 4.19. The van der Waals surface area contributed by atoms with Gasteiger partial charge in [-0.25, -0.2) is 9.37 Å². The van der Waals surface area contributed by atoms with Crippen molar-refractivity contribution in [3.8, 4) is 10.7 Å². The van der Waals surface area contributed by atoms with Gasteiger partial charge < -0.3 is 5.32 Å². The highest BCUT2D eigenvalue weighted by atomic mass is 32.1. The molecule has 0 radical (unpaired) electrons. The number of benzene rings is 1. The molecule has 0 aliphatic carbocycles. The van der Waals surface area contributed by atoms with Crippen LogP contribution in [0.15, 0.2) is 54.0 Å². The van der Waals surface area contributed by atoms with Crippen LogP contribution >= 0.6 is 11.3 Å². The second kappa shape index (κ2) is 5.79. The van der Waals surface area contributed by atoms with Gasteiger partial charge in [-0.3, -0.25) is 4.98 Å². The molecule has 0 aliphatic heterocycles. The molecule has 1 N–H and O–H groups in total. The Balaban J connectivity index is 1.71. The SMILES string of the molecule is Fc1ccccc1NCc1csc(-c2ccccn2)n1. The van der Waals surface area contributed by atoms with Crippen LogP contribution in [-0.4, -0.2) is 9.97 Å². The number of nitrogens with one attached hydrogen (secondary N) is 1. The lowest BCUT2D eigenvalue weighted by molar-refractivity contribution is 0.630. The Kier molecular flexibility index (Phi) is 3.69. The van der Waals surface area contributed by atoms with Crippen molar-refractivity contribution in [1.82, 2.24) is 9.97 Å². The number of nitrogens with zero attached hydrogens (tertiary/aromatic N) is 2. The van der Waals surface area contributed by atoms with E-state index in [9.17, 15) is 4.39 Å². The standard InChI is InChI=1S/C15H12FN3S/c16-12-5-1-2-6-13(12)18-9-11-10-20-15(19-11)14-7-3-4-8-17-14/h1-8,10,18H,9H2. The Labute approximate surface area is 120 Å². The van der Waals surface area contributed by atoms with Crippen molar-refractivity contribution in [2.45, 2.75) is 6.54 Å². The number of hydrogen-bond donors (Lipinski definition) is 1. The zero-order valence-electron chi connectivity index (χ0n) is 10.6. The summed E-state index contributed by atoms with van der Waals surface area (Å²) in [4.78, 5) is 8.76. The Hall–Kier alpha value is -2.27. The van der Waals surface area contributed by atoms with Gasteiger partial charge in [-0.2, -0.15) is 0 Å². The van der Waals surface area contributed by atoms with Gasteiger partial charge in [0.2, 0.25) is 0 Å². The number of pyridine rings is 1. The van der Waals surface area contributed by atoms with E-state index in [0.29, 0.717) is 12.2 Å². The van der Waals surface area contributed by atoms with Crippen LogP contribution in [0.4, 0.5) is 10.1 Å². The van der Waals surface area contributed by atoms with Gasteiger partial charge in [0.05, 0.1) is 23.6 Å². The van der Waals surface area contributed by atoms with E-state index in [2.05, 4.69) is 15.3 Å². The average Bonchev–Trinajstić information content (AvgIpc) is 2.96.